The first-order valence-electron chi connectivity index (χ1n) is 6.40. The Kier molecular flexibility index (Phi) is 6.21. The zero-order chi connectivity index (χ0) is 12.3. The largest absolute Gasteiger partial charge is 0.399 e. The Morgan fingerprint density at radius 3 is 2.56 bits per heavy atom. The molecule has 1 aromatic carbocycles. The number of nitrogens with two attached hydrogens (primary N) is 1. The standard InChI is InChI=1S/C14H23N3.HI/c1-16(2)9-7-12-8-10-17(11-12)14-5-3-13(15)4-6-14;/h3-6,12H,7-11,15H2,1-2H3;1H. The third-order valence-electron chi connectivity index (χ3n) is 3.53. The third-order valence-corrected chi connectivity index (χ3v) is 3.53. The number of hydrogen-bond acceptors (Lipinski definition) is 3. The summed E-state index contributed by atoms with van der Waals surface area (Å²) in [6.07, 6.45) is 2.62. The van der Waals surface area contributed by atoms with Gasteiger partial charge in [-0.3, -0.25) is 0 Å². The molecule has 1 heterocycles. The summed E-state index contributed by atoms with van der Waals surface area (Å²) in [5, 5.41) is 0. The molecule has 1 aliphatic heterocycles. The lowest BCUT2D eigenvalue weighted by Gasteiger charge is -2.19. The summed E-state index contributed by atoms with van der Waals surface area (Å²) in [6.45, 7) is 3.57. The fourth-order valence-corrected chi connectivity index (χ4v) is 2.43. The van der Waals surface area contributed by atoms with Crippen LogP contribution in [0.5, 0.6) is 0 Å². The summed E-state index contributed by atoms with van der Waals surface area (Å²) in [6, 6.07) is 8.23. The fraction of sp³-hybridized carbons (Fsp3) is 0.571. The van der Waals surface area contributed by atoms with Gasteiger partial charge in [-0.2, -0.15) is 0 Å². The van der Waals surface area contributed by atoms with E-state index in [1.807, 2.05) is 12.1 Å². The van der Waals surface area contributed by atoms with Crippen molar-refractivity contribution in [1.29, 1.82) is 0 Å². The number of nitrogen functional groups attached to an aromatic ring is 1. The van der Waals surface area contributed by atoms with Crippen LogP contribution in [-0.4, -0.2) is 38.6 Å². The molecule has 0 aliphatic carbocycles. The van der Waals surface area contributed by atoms with E-state index < -0.39 is 0 Å². The van der Waals surface area contributed by atoms with Crippen LogP contribution in [0.25, 0.3) is 0 Å². The zero-order valence-electron chi connectivity index (χ0n) is 11.3. The van der Waals surface area contributed by atoms with Crippen LogP contribution in [0.15, 0.2) is 24.3 Å². The maximum absolute atomic E-state index is 5.71. The van der Waals surface area contributed by atoms with Gasteiger partial charge in [0.15, 0.2) is 0 Å². The molecule has 0 spiro atoms. The molecule has 2 rings (SSSR count). The van der Waals surface area contributed by atoms with E-state index in [1.165, 1.54) is 38.2 Å². The fourth-order valence-electron chi connectivity index (χ4n) is 2.43. The first-order valence-corrected chi connectivity index (χ1v) is 6.40. The number of benzene rings is 1. The average Bonchev–Trinajstić information content (AvgIpc) is 2.76. The van der Waals surface area contributed by atoms with Gasteiger partial charge in [-0.25, -0.2) is 0 Å². The molecule has 0 amide bonds. The molecule has 18 heavy (non-hydrogen) atoms. The van der Waals surface area contributed by atoms with Gasteiger partial charge in [0.25, 0.3) is 0 Å². The Bertz CT molecular complexity index is 351. The molecule has 0 bridgehead atoms. The van der Waals surface area contributed by atoms with Crippen molar-refractivity contribution in [2.24, 2.45) is 5.92 Å². The van der Waals surface area contributed by atoms with E-state index in [4.69, 9.17) is 5.73 Å². The van der Waals surface area contributed by atoms with Crippen LogP contribution in [-0.2, 0) is 0 Å². The molecule has 1 unspecified atom stereocenters. The number of nitrogens with zero attached hydrogens (tertiary/aromatic N) is 2. The van der Waals surface area contributed by atoms with Crippen molar-refractivity contribution in [3.8, 4) is 0 Å². The number of hydrogen-bond donors (Lipinski definition) is 1. The van der Waals surface area contributed by atoms with Crippen molar-refractivity contribution in [2.45, 2.75) is 12.8 Å². The first-order chi connectivity index (χ1) is 8.15. The molecule has 102 valence electrons. The summed E-state index contributed by atoms with van der Waals surface area (Å²) in [7, 11) is 4.29. The highest BCUT2D eigenvalue weighted by Gasteiger charge is 2.22. The molecule has 1 aliphatic rings. The molecule has 0 radical (unpaired) electrons. The van der Waals surface area contributed by atoms with Crippen LogP contribution in [0.1, 0.15) is 12.8 Å². The van der Waals surface area contributed by atoms with Gasteiger partial charge in [0.2, 0.25) is 0 Å². The van der Waals surface area contributed by atoms with Gasteiger partial charge in [0.1, 0.15) is 0 Å². The predicted octanol–water partition coefficient (Wildman–Crippen LogP) is 2.66. The van der Waals surface area contributed by atoms with Gasteiger partial charge in [-0.1, -0.05) is 0 Å². The predicted molar refractivity (Wildman–Crippen MR) is 89.8 cm³/mol. The first kappa shape index (κ1) is 15.6. The van der Waals surface area contributed by atoms with E-state index >= 15 is 0 Å². The summed E-state index contributed by atoms with van der Waals surface area (Å²) in [4.78, 5) is 4.74. The van der Waals surface area contributed by atoms with Crippen molar-refractivity contribution in [3.05, 3.63) is 24.3 Å². The molecule has 1 aromatic rings. The van der Waals surface area contributed by atoms with Crippen molar-refractivity contribution in [2.75, 3.05) is 44.4 Å². The quantitative estimate of drug-likeness (QED) is 0.661. The number of rotatable bonds is 4. The maximum atomic E-state index is 5.71. The highest BCUT2D eigenvalue weighted by Crippen LogP contribution is 2.26. The van der Waals surface area contributed by atoms with Gasteiger partial charge in [0.05, 0.1) is 0 Å². The van der Waals surface area contributed by atoms with E-state index in [-0.39, 0.29) is 24.0 Å². The van der Waals surface area contributed by atoms with Gasteiger partial charge in [-0.05, 0) is 63.7 Å². The molecule has 3 nitrogen and oxygen atoms in total. The van der Waals surface area contributed by atoms with Crippen molar-refractivity contribution >= 4 is 35.4 Å². The zero-order valence-corrected chi connectivity index (χ0v) is 13.6. The summed E-state index contributed by atoms with van der Waals surface area (Å²) in [5.74, 6) is 0.843. The summed E-state index contributed by atoms with van der Waals surface area (Å²) >= 11 is 0. The number of halogens is 1. The van der Waals surface area contributed by atoms with Crippen LogP contribution in [0.2, 0.25) is 0 Å². The van der Waals surface area contributed by atoms with Gasteiger partial charge in [-0.15, -0.1) is 24.0 Å². The topological polar surface area (TPSA) is 32.5 Å². The van der Waals surface area contributed by atoms with Crippen molar-refractivity contribution in [1.82, 2.24) is 4.90 Å². The van der Waals surface area contributed by atoms with E-state index in [1.54, 1.807) is 0 Å². The molecule has 0 saturated carbocycles. The maximum Gasteiger partial charge on any atom is 0.0367 e. The second kappa shape index (κ2) is 7.19. The third kappa shape index (κ3) is 4.31. The van der Waals surface area contributed by atoms with Crippen LogP contribution in [0.3, 0.4) is 0 Å². The lowest BCUT2D eigenvalue weighted by atomic mass is 10.1. The minimum Gasteiger partial charge on any atom is -0.399 e. The molecule has 4 heteroatoms. The van der Waals surface area contributed by atoms with E-state index in [2.05, 4.69) is 36.0 Å². The molecule has 1 saturated heterocycles. The Morgan fingerprint density at radius 2 is 1.94 bits per heavy atom. The average molecular weight is 361 g/mol. The van der Waals surface area contributed by atoms with Gasteiger partial charge in [0, 0.05) is 24.5 Å². The van der Waals surface area contributed by atoms with Gasteiger partial charge >= 0.3 is 0 Å². The van der Waals surface area contributed by atoms with Gasteiger partial charge < -0.3 is 15.5 Å². The van der Waals surface area contributed by atoms with Crippen molar-refractivity contribution < 1.29 is 0 Å². The monoisotopic (exact) mass is 361 g/mol. The highest BCUT2D eigenvalue weighted by atomic mass is 127. The minimum absolute atomic E-state index is 0. The highest BCUT2D eigenvalue weighted by molar-refractivity contribution is 14.0. The Hall–Kier alpha value is -0.490. The van der Waals surface area contributed by atoms with Crippen LogP contribution < -0.4 is 10.6 Å². The second-order valence-electron chi connectivity index (χ2n) is 5.28. The lowest BCUT2D eigenvalue weighted by Crippen LogP contribution is -2.21. The van der Waals surface area contributed by atoms with Crippen LogP contribution >= 0.6 is 24.0 Å². The Labute approximate surface area is 127 Å². The minimum atomic E-state index is 0. The van der Waals surface area contributed by atoms with Crippen molar-refractivity contribution in [3.63, 3.8) is 0 Å². The summed E-state index contributed by atoms with van der Waals surface area (Å²) in [5.41, 5.74) is 7.87. The molecule has 2 N–H and O–H groups in total. The second-order valence-corrected chi connectivity index (χ2v) is 5.28. The smallest absolute Gasteiger partial charge is 0.0367 e. The Morgan fingerprint density at radius 1 is 1.28 bits per heavy atom. The van der Waals surface area contributed by atoms with Crippen LogP contribution in [0.4, 0.5) is 11.4 Å². The van der Waals surface area contributed by atoms with E-state index in [9.17, 15) is 0 Å². The SMILES string of the molecule is CN(C)CCC1CCN(c2ccc(N)cc2)C1.I. The molecular weight excluding hydrogens is 337 g/mol. The van der Waals surface area contributed by atoms with E-state index in [0.717, 1.165) is 11.6 Å². The van der Waals surface area contributed by atoms with Crippen LogP contribution in [0, 0.1) is 5.92 Å². The Balaban J connectivity index is 0.00000162. The summed E-state index contributed by atoms with van der Waals surface area (Å²) < 4.78 is 0. The molecular formula is C14H24IN3. The molecule has 1 atom stereocenters. The molecule has 0 aromatic heterocycles. The lowest BCUT2D eigenvalue weighted by molar-refractivity contribution is 0.361. The number of anilines is 2. The van der Waals surface area contributed by atoms with E-state index in [0.29, 0.717) is 0 Å². The normalized spacial score (nSPS) is 19.1. The molecule has 1 fully saturated rings.